The van der Waals surface area contributed by atoms with Gasteiger partial charge in [0.05, 0.1) is 5.75 Å². The Morgan fingerprint density at radius 3 is 2.60 bits per heavy atom. The minimum atomic E-state index is -3.23. The fourth-order valence-corrected chi connectivity index (χ4v) is 2.63. The van der Waals surface area contributed by atoms with E-state index >= 15 is 0 Å². The van der Waals surface area contributed by atoms with E-state index in [2.05, 4.69) is 10.0 Å². The number of amides is 1. The lowest BCUT2D eigenvalue weighted by Gasteiger charge is -2.07. The molecule has 0 aliphatic carbocycles. The molecule has 0 saturated carbocycles. The quantitative estimate of drug-likeness (QED) is 0.707. The second-order valence-electron chi connectivity index (χ2n) is 4.16. The Balaban J connectivity index is 2.15. The molecule has 0 spiro atoms. The summed E-state index contributed by atoms with van der Waals surface area (Å²) in [6, 6.07) is 9.32. The fraction of sp³-hybridized carbons (Fsp3) is 0.462. The van der Waals surface area contributed by atoms with Crippen LogP contribution in [0.5, 0.6) is 0 Å². The van der Waals surface area contributed by atoms with Crippen molar-refractivity contribution in [3.8, 4) is 0 Å². The van der Waals surface area contributed by atoms with E-state index in [1.807, 2.05) is 30.3 Å². The van der Waals surface area contributed by atoms with Gasteiger partial charge in [-0.05, 0) is 12.0 Å². The van der Waals surface area contributed by atoms with Crippen LogP contribution < -0.4 is 10.0 Å². The van der Waals surface area contributed by atoms with Crippen LogP contribution in [0.2, 0.25) is 0 Å². The second kappa shape index (κ2) is 8.55. The molecule has 0 aliphatic rings. The highest BCUT2D eigenvalue weighted by molar-refractivity contribution is 7.89. The van der Waals surface area contributed by atoms with Crippen molar-refractivity contribution in [2.24, 2.45) is 0 Å². The number of rotatable bonds is 8. The molecule has 0 aliphatic heterocycles. The average Bonchev–Trinajstić information content (AvgIpc) is 2.42. The van der Waals surface area contributed by atoms with Crippen molar-refractivity contribution >= 4 is 16.1 Å². The van der Waals surface area contributed by atoms with Crippen LogP contribution in [0.15, 0.2) is 30.3 Å². The normalized spacial score (nSPS) is 11.1. The first-order valence-electron chi connectivity index (χ1n) is 6.45. The summed E-state index contributed by atoms with van der Waals surface area (Å²) in [7, 11) is -3.23. The van der Waals surface area contributed by atoms with E-state index in [-0.39, 0.29) is 18.9 Å². The smallest absolute Gasteiger partial charge is 0.407 e. The van der Waals surface area contributed by atoms with E-state index in [1.54, 1.807) is 6.92 Å². The van der Waals surface area contributed by atoms with Gasteiger partial charge in [-0.15, -0.1) is 0 Å². The van der Waals surface area contributed by atoms with E-state index in [1.165, 1.54) is 0 Å². The van der Waals surface area contributed by atoms with Crippen LogP contribution in [-0.2, 0) is 21.4 Å². The first-order chi connectivity index (χ1) is 9.53. The molecule has 0 aromatic heterocycles. The van der Waals surface area contributed by atoms with Gasteiger partial charge in [0, 0.05) is 13.1 Å². The summed E-state index contributed by atoms with van der Waals surface area (Å²) < 4.78 is 30.0. The molecule has 20 heavy (non-hydrogen) atoms. The van der Waals surface area contributed by atoms with Gasteiger partial charge in [0.25, 0.3) is 0 Å². The Hall–Kier alpha value is -1.60. The maximum absolute atomic E-state index is 11.4. The lowest BCUT2D eigenvalue weighted by Crippen LogP contribution is -2.30. The number of carbonyl (C=O) groups excluding carboxylic acids is 1. The molecule has 1 aromatic rings. The van der Waals surface area contributed by atoms with Crippen LogP contribution in [-0.4, -0.2) is 33.4 Å². The zero-order chi connectivity index (χ0) is 14.8. The number of sulfonamides is 1. The van der Waals surface area contributed by atoms with Crippen LogP contribution in [0.3, 0.4) is 0 Å². The highest BCUT2D eigenvalue weighted by Gasteiger charge is 2.08. The zero-order valence-electron chi connectivity index (χ0n) is 11.5. The zero-order valence-corrected chi connectivity index (χ0v) is 12.3. The molecule has 2 N–H and O–H groups in total. The first kappa shape index (κ1) is 16.5. The molecule has 7 heteroatoms. The van der Waals surface area contributed by atoms with Crippen molar-refractivity contribution in [1.29, 1.82) is 0 Å². The van der Waals surface area contributed by atoms with Crippen LogP contribution >= 0.6 is 0 Å². The van der Waals surface area contributed by atoms with Crippen LogP contribution in [0.25, 0.3) is 0 Å². The number of nitrogens with one attached hydrogen (secondary N) is 2. The molecule has 0 unspecified atom stereocenters. The van der Waals surface area contributed by atoms with Crippen molar-refractivity contribution in [2.45, 2.75) is 20.0 Å². The minimum Gasteiger partial charge on any atom is -0.445 e. The lowest BCUT2D eigenvalue weighted by molar-refractivity contribution is 0.139. The highest BCUT2D eigenvalue weighted by Crippen LogP contribution is 2.00. The summed E-state index contributed by atoms with van der Waals surface area (Å²) in [5.74, 6) is -0.0141. The predicted molar refractivity (Wildman–Crippen MR) is 76.7 cm³/mol. The third-order valence-electron chi connectivity index (χ3n) is 2.44. The average molecular weight is 300 g/mol. The van der Waals surface area contributed by atoms with Gasteiger partial charge in [0.2, 0.25) is 10.0 Å². The minimum absolute atomic E-state index is 0.0141. The van der Waals surface area contributed by atoms with Crippen molar-refractivity contribution in [3.63, 3.8) is 0 Å². The summed E-state index contributed by atoms with van der Waals surface area (Å²) in [5, 5.41) is 2.51. The summed E-state index contributed by atoms with van der Waals surface area (Å²) in [6.45, 7) is 2.55. The molecule has 0 bridgehead atoms. The van der Waals surface area contributed by atoms with Crippen molar-refractivity contribution in [2.75, 3.05) is 18.8 Å². The molecule has 1 rings (SSSR count). The standard InChI is InChI=1S/C13H20N2O4S/c1-2-15-20(17,18)10-6-9-14-13(16)19-11-12-7-4-3-5-8-12/h3-5,7-8,15H,2,6,9-11H2,1H3,(H,14,16). The molecule has 0 saturated heterocycles. The number of hydrogen-bond donors (Lipinski definition) is 2. The molecule has 112 valence electrons. The Kier molecular flexibility index (Phi) is 7.03. The lowest BCUT2D eigenvalue weighted by atomic mass is 10.2. The maximum atomic E-state index is 11.4. The van der Waals surface area contributed by atoms with Crippen LogP contribution in [0.4, 0.5) is 4.79 Å². The number of ether oxygens (including phenoxy) is 1. The van der Waals surface area contributed by atoms with Gasteiger partial charge in [-0.3, -0.25) is 0 Å². The van der Waals surface area contributed by atoms with E-state index in [9.17, 15) is 13.2 Å². The third kappa shape index (κ3) is 7.10. The molecular weight excluding hydrogens is 280 g/mol. The van der Waals surface area contributed by atoms with Crippen LogP contribution in [0, 0.1) is 0 Å². The number of hydrogen-bond acceptors (Lipinski definition) is 4. The van der Waals surface area contributed by atoms with Gasteiger partial charge in [-0.25, -0.2) is 17.9 Å². The number of alkyl carbamates (subject to hydrolysis) is 1. The van der Waals surface area contributed by atoms with Crippen molar-refractivity contribution in [3.05, 3.63) is 35.9 Å². The fourth-order valence-electron chi connectivity index (χ4n) is 1.52. The van der Waals surface area contributed by atoms with Gasteiger partial charge < -0.3 is 10.1 Å². The van der Waals surface area contributed by atoms with Gasteiger partial charge >= 0.3 is 6.09 Å². The van der Waals surface area contributed by atoms with Crippen molar-refractivity contribution in [1.82, 2.24) is 10.0 Å². The second-order valence-corrected chi connectivity index (χ2v) is 6.09. The molecule has 0 radical (unpaired) electrons. The Morgan fingerprint density at radius 1 is 1.25 bits per heavy atom. The van der Waals surface area contributed by atoms with E-state index in [0.717, 1.165) is 5.56 Å². The van der Waals surface area contributed by atoms with Crippen LogP contribution in [0.1, 0.15) is 18.9 Å². The Bertz CT molecular complexity index is 502. The molecule has 0 fully saturated rings. The van der Waals surface area contributed by atoms with E-state index < -0.39 is 16.1 Å². The SMILES string of the molecule is CCNS(=O)(=O)CCCNC(=O)OCc1ccccc1. The van der Waals surface area contributed by atoms with Gasteiger partial charge in [0.15, 0.2) is 0 Å². The number of carbonyl (C=O) groups is 1. The number of benzene rings is 1. The predicted octanol–water partition coefficient (Wildman–Crippen LogP) is 1.24. The summed E-state index contributed by atoms with van der Waals surface area (Å²) >= 11 is 0. The highest BCUT2D eigenvalue weighted by atomic mass is 32.2. The monoisotopic (exact) mass is 300 g/mol. The molecule has 6 nitrogen and oxygen atoms in total. The first-order valence-corrected chi connectivity index (χ1v) is 8.10. The summed E-state index contributed by atoms with van der Waals surface area (Å²) in [4.78, 5) is 11.4. The molecule has 1 aromatic carbocycles. The summed E-state index contributed by atoms with van der Waals surface area (Å²) in [6.07, 6.45) is -0.204. The largest absolute Gasteiger partial charge is 0.445 e. The van der Waals surface area contributed by atoms with Gasteiger partial charge in [-0.2, -0.15) is 0 Å². The molecular formula is C13H20N2O4S. The van der Waals surface area contributed by atoms with Crippen molar-refractivity contribution < 1.29 is 17.9 Å². The van der Waals surface area contributed by atoms with Gasteiger partial charge in [0.1, 0.15) is 6.61 Å². The molecule has 1 amide bonds. The Labute approximate surface area is 119 Å². The summed E-state index contributed by atoms with van der Waals surface area (Å²) in [5.41, 5.74) is 0.900. The molecule has 0 heterocycles. The van der Waals surface area contributed by atoms with E-state index in [4.69, 9.17) is 4.74 Å². The topological polar surface area (TPSA) is 84.5 Å². The van der Waals surface area contributed by atoms with E-state index in [0.29, 0.717) is 13.0 Å². The molecule has 0 atom stereocenters. The third-order valence-corrected chi connectivity index (χ3v) is 3.99. The van der Waals surface area contributed by atoms with Gasteiger partial charge in [-0.1, -0.05) is 37.3 Å². The maximum Gasteiger partial charge on any atom is 0.407 e. The Morgan fingerprint density at radius 2 is 1.95 bits per heavy atom.